The highest BCUT2D eigenvalue weighted by Gasteiger charge is 2.16. The van der Waals surface area contributed by atoms with E-state index < -0.39 is 0 Å². The van der Waals surface area contributed by atoms with Crippen molar-refractivity contribution in [1.29, 1.82) is 0 Å². The van der Waals surface area contributed by atoms with E-state index in [0.29, 0.717) is 16.6 Å². The molecule has 0 unspecified atom stereocenters. The van der Waals surface area contributed by atoms with Gasteiger partial charge >= 0.3 is 0 Å². The summed E-state index contributed by atoms with van der Waals surface area (Å²) in [6.07, 6.45) is 1.73. The molecular formula is C20H15N3O2. The van der Waals surface area contributed by atoms with E-state index >= 15 is 0 Å². The molecule has 0 aliphatic carbocycles. The van der Waals surface area contributed by atoms with Crippen molar-refractivity contribution in [2.24, 2.45) is 0 Å². The van der Waals surface area contributed by atoms with Gasteiger partial charge in [-0.3, -0.25) is 14.8 Å². The Bertz CT molecular complexity index is 1090. The van der Waals surface area contributed by atoms with Crippen LogP contribution < -0.4 is 10.3 Å². The molecule has 0 spiro atoms. The first kappa shape index (κ1) is 15.1. The van der Waals surface area contributed by atoms with Gasteiger partial charge in [0, 0.05) is 17.3 Å². The van der Waals surface area contributed by atoms with Crippen molar-refractivity contribution in [3.05, 3.63) is 77.2 Å². The minimum atomic E-state index is -0.250. The first-order valence-electron chi connectivity index (χ1n) is 7.86. The Hall–Kier alpha value is -3.47. The topological polar surface area (TPSA) is 67.9 Å². The summed E-state index contributed by atoms with van der Waals surface area (Å²) in [5.74, 6) is 0. The fourth-order valence-corrected chi connectivity index (χ4v) is 2.87. The molecule has 0 aliphatic rings. The number of hydrogen-bond acceptors (Lipinski definition) is 4. The standard InChI is InChI=1S/C20H15N3O2/c1-25-20-22-18-16(19(24)23-20)15(13-8-4-2-5-9-13)12-21-17(18)14-10-6-3-7-11-14/h2-12H,1H3,(H,22,23,24). The predicted octanol–water partition coefficient (Wildman–Crippen LogP) is 3.66. The number of aromatic nitrogens is 3. The molecule has 0 saturated heterocycles. The summed E-state index contributed by atoms with van der Waals surface area (Å²) in [7, 11) is 1.47. The molecule has 2 heterocycles. The highest BCUT2D eigenvalue weighted by atomic mass is 16.5. The zero-order valence-corrected chi connectivity index (χ0v) is 13.6. The Morgan fingerprint density at radius 3 is 2.20 bits per heavy atom. The van der Waals surface area contributed by atoms with Gasteiger partial charge in [0.1, 0.15) is 5.52 Å². The maximum atomic E-state index is 12.7. The van der Waals surface area contributed by atoms with E-state index in [1.807, 2.05) is 60.7 Å². The molecule has 0 aliphatic heterocycles. The van der Waals surface area contributed by atoms with E-state index in [0.717, 1.165) is 16.7 Å². The molecule has 0 saturated carbocycles. The van der Waals surface area contributed by atoms with E-state index in [1.165, 1.54) is 7.11 Å². The highest BCUT2D eigenvalue weighted by Crippen LogP contribution is 2.31. The molecule has 5 nitrogen and oxygen atoms in total. The summed E-state index contributed by atoms with van der Waals surface area (Å²) in [6.45, 7) is 0. The molecular weight excluding hydrogens is 314 g/mol. The fourth-order valence-electron chi connectivity index (χ4n) is 2.87. The first-order chi connectivity index (χ1) is 12.3. The normalized spacial score (nSPS) is 10.8. The van der Waals surface area contributed by atoms with Crippen molar-refractivity contribution >= 4 is 10.9 Å². The summed E-state index contributed by atoms with van der Waals surface area (Å²) >= 11 is 0. The number of fused-ring (bicyclic) bond motifs is 1. The summed E-state index contributed by atoms with van der Waals surface area (Å²) in [5, 5.41) is 0.501. The van der Waals surface area contributed by atoms with Gasteiger partial charge in [-0.25, -0.2) is 0 Å². The third kappa shape index (κ3) is 2.65. The molecule has 0 bridgehead atoms. The van der Waals surface area contributed by atoms with Crippen molar-refractivity contribution < 1.29 is 4.74 Å². The van der Waals surface area contributed by atoms with Crippen LogP contribution in [-0.2, 0) is 0 Å². The van der Waals surface area contributed by atoms with Gasteiger partial charge in [0.05, 0.1) is 18.2 Å². The van der Waals surface area contributed by atoms with Gasteiger partial charge in [-0.05, 0) is 5.56 Å². The van der Waals surface area contributed by atoms with Crippen LogP contribution in [0.2, 0.25) is 0 Å². The molecule has 1 N–H and O–H groups in total. The van der Waals surface area contributed by atoms with Gasteiger partial charge in [0.2, 0.25) is 0 Å². The number of benzene rings is 2. The number of aromatic amines is 1. The van der Waals surface area contributed by atoms with Crippen LogP contribution in [0.3, 0.4) is 0 Å². The van der Waals surface area contributed by atoms with Crippen molar-refractivity contribution in [1.82, 2.24) is 15.0 Å². The van der Waals surface area contributed by atoms with Crippen molar-refractivity contribution in [2.75, 3.05) is 7.11 Å². The number of H-pyrrole nitrogens is 1. The Morgan fingerprint density at radius 2 is 1.56 bits per heavy atom. The van der Waals surface area contributed by atoms with Crippen LogP contribution in [0.15, 0.2) is 71.7 Å². The summed E-state index contributed by atoms with van der Waals surface area (Å²) in [4.78, 5) is 24.5. The van der Waals surface area contributed by atoms with Crippen LogP contribution in [0, 0.1) is 0 Å². The predicted molar refractivity (Wildman–Crippen MR) is 97.6 cm³/mol. The second kappa shape index (κ2) is 6.20. The summed E-state index contributed by atoms with van der Waals surface area (Å²) in [5.41, 5.74) is 3.48. The Labute approximate surface area is 144 Å². The third-order valence-corrected chi connectivity index (χ3v) is 4.04. The lowest BCUT2D eigenvalue weighted by Crippen LogP contribution is -2.12. The minimum Gasteiger partial charge on any atom is -0.468 e. The van der Waals surface area contributed by atoms with Crippen LogP contribution in [0.25, 0.3) is 33.3 Å². The number of hydrogen-bond donors (Lipinski definition) is 1. The van der Waals surface area contributed by atoms with Gasteiger partial charge < -0.3 is 4.74 Å². The van der Waals surface area contributed by atoms with Gasteiger partial charge in [0.15, 0.2) is 0 Å². The summed E-state index contributed by atoms with van der Waals surface area (Å²) < 4.78 is 5.15. The SMILES string of the molecule is COc1nc2c(-c3ccccc3)ncc(-c3ccccc3)c2c(=O)[nH]1. The molecule has 4 rings (SSSR count). The van der Waals surface area contributed by atoms with Crippen molar-refractivity contribution in [3.8, 4) is 28.4 Å². The zero-order valence-electron chi connectivity index (χ0n) is 13.6. The molecule has 2 aromatic heterocycles. The van der Waals surface area contributed by atoms with Crippen LogP contribution in [0.5, 0.6) is 6.01 Å². The molecule has 0 fully saturated rings. The smallest absolute Gasteiger partial charge is 0.296 e. The average Bonchev–Trinajstić information content (AvgIpc) is 2.68. The fraction of sp³-hybridized carbons (Fsp3) is 0.0500. The van der Waals surface area contributed by atoms with Crippen LogP contribution >= 0.6 is 0 Å². The first-order valence-corrected chi connectivity index (χ1v) is 7.86. The largest absolute Gasteiger partial charge is 0.468 e. The molecule has 5 heteroatoms. The number of nitrogens with zero attached hydrogens (tertiary/aromatic N) is 2. The van der Waals surface area contributed by atoms with E-state index in [1.54, 1.807) is 6.20 Å². The lowest BCUT2D eigenvalue weighted by Gasteiger charge is -2.10. The third-order valence-electron chi connectivity index (χ3n) is 4.04. The van der Waals surface area contributed by atoms with E-state index in [9.17, 15) is 4.79 Å². The lowest BCUT2D eigenvalue weighted by molar-refractivity contribution is 0.380. The van der Waals surface area contributed by atoms with Gasteiger partial charge in [-0.2, -0.15) is 4.98 Å². The number of ether oxygens (including phenoxy) is 1. The van der Waals surface area contributed by atoms with Crippen molar-refractivity contribution in [3.63, 3.8) is 0 Å². The number of rotatable bonds is 3. The van der Waals surface area contributed by atoms with E-state index in [2.05, 4.69) is 15.0 Å². The number of nitrogens with one attached hydrogen (secondary N) is 1. The number of methoxy groups -OCH3 is 1. The quantitative estimate of drug-likeness (QED) is 0.623. The Balaban J connectivity index is 2.10. The van der Waals surface area contributed by atoms with E-state index in [4.69, 9.17) is 4.74 Å². The molecule has 0 amide bonds. The Kier molecular flexibility index (Phi) is 3.74. The molecule has 2 aromatic carbocycles. The zero-order chi connectivity index (χ0) is 17.2. The molecule has 0 radical (unpaired) electrons. The lowest BCUT2D eigenvalue weighted by atomic mass is 10.0. The van der Waals surface area contributed by atoms with Crippen LogP contribution in [-0.4, -0.2) is 22.1 Å². The average molecular weight is 329 g/mol. The maximum absolute atomic E-state index is 12.7. The molecule has 122 valence electrons. The second-order valence-corrected chi connectivity index (χ2v) is 5.55. The monoisotopic (exact) mass is 329 g/mol. The van der Waals surface area contributed by atoms with Gasteiger partial charge in [-0.1, -0.05) is 60.7 Å². The summed E-state index contributed by atoms with van der Waals surface area (Å²) in [6, 6.07) is 19.5. The molecule has 4 aromatic rings. The number of pyridine rings is 1. The van der Waals surface area contributed by atoms with Gasteiger partial charge in [0.25, 0.3) is 11.6 Å². The maximum Gasteiger partial charge on any atom is 0.296 e. The van der Waals surface area contributed by atoms with Gasteiger partial charge in [-0.15, -0.1) is 0 Å². The van der Waals surface area contributed by atoms with Crippen molar-refractivity contribution in [2.45, 2.75) is 0 Å². The minimum absolute atomic E-state index is 0.168. The van der Waals surface area contributed by atoms with E-state index in [-0.39, 0.29) is 11.6 Å². The van der Waals surface area contributed by atoms with Crippen LogP contribution in [0.1, 0.15) is 0 Å². The highest BCUT2D eigenvalue weighted by molar-refractivity contribution is 6.00. The Morgan fingerprint density at radius 1 is 0.920 bits per heavy atom. The second-order valence-electron chi connectivity index (χ2n) is 5.55. The van der Waals surface area contributed by atoms with Crippen LogP contribution in [0.4, 0.5) is 0 Å². The molecule has 0 atom stereocenters. The molecule has 25 heavy (non-hydrogen) atoms.